The summed E-state index contributed by atoms with van der Waals surface area (Å²) in [5.41, 5.74) is 6.70. The van der Waals surface area contributed by atoms with E-state index in [1.54, 1.807) is 19.9 Å². The molecule has 0 aliphatic rings. The lowest BCUT2D eigenvalue weighted by Gasteiger charge is -2.06. The first-order valence-electron chi connectivity index (χ1n) is 7.35. The Morgan fingerprint density at radius 3 is 2.24 bits per heavy atom. The van der Waals surface area contributed by atoms with Crippen LogP contribution >= 0.6 is 0 Å². The third-order valence-corrected chi connectivity index (χ3v) is 3.96. The number of aryl methyl sites for hydroxylation is 1. The molecule has 0 spiro atoms. The van der Waals surface area contributed by atoms with E-state index in [0.29, 0.717) is 12.2 Å². The molecule has 0 heterocycles. The molecule has 0 saturated carbocycles. The van der Waals surface area contributed by atoms with Gasteiger partial charge in [-0.25, -0.2) is 0 Å². The minimum atomic E-state index is -4.31. The van der Waals surface area contributed by atoms with Crippen LogP contribution < -0.4 is 5.73 Å². The van der Waals surface area contributed by atoms with Gasteiger partial charge in [-0.1, -0.05) is 42.5 Å². The van der Waals surface area contributed by atoms with Crippen LogP contribution in [-0.2, 0) is 26.3 Å². The molecular weight excluding hydrogens is 346 g/mol. The summed E-state index contributed by atoms with van der Waals surface area (Å²) >= 11 is 0. The highest BCUT2D eigenvalue weighted by molar-refractivity contribution is 7.86. The Morgan fingerprint density at radius 2 is 1.76 bits per heavy atom. The highest BCUT2D eigenvalue weighted by Crippen LogP contribution is 2.25. The summed E-state index contributed by atoms with van der Waals surface area (Å²) in [6.45, 7) is 3.44. The Bertz CT molecular complexity index is 803. The molecule has 0 saturated heterocycles. The van der Waals surface area contributed by atoms with Gasteiger partial charge >= 0.3 is 5.97 Å². The van der Waals surface area contributed by atoms with Crippen molar-refractivity contribution in [3.05, 3.63) is 59.7 Å². The van der Waals surface area contributed by atoms with Crippen molar-refractivity contribution in [1.82, 2.24) is 0 Å². The first-order chi connectivity index (χ1) is 11.6. The molecule has 2 aromatic carbocycles. The normalized spacial score (nSPS) is 11.8. The van der Waals surface area contributed by atoms with E-state index in [1.807, 2.05) is 30.3 Å². The second-order valence-electron chi connectivity index (χ2n) is 5.28. The van der Waals surface area contributed by atoms with Crippen molar-refractivity contribution in [3.8, 4) is 5.75 Å². The molecule has 8 heteroatoms. The first-order valence-corrected chi connectivity index (χ1v) is 8.79. The van der Waals surface area contributed by atoms with Gasteiger partial charge in [0.05, 0.1) is 0 Å². The van der Waals surface area contributed by atoms with Gasteiger partial charge in [-0.15, -0.1) is 0 Å². The summed E-state index contributed by atoms with van der Waals surface area (Å²) in [6, 6.07) is 13.1. The van der Waals surface area contributed by atoms with Crippen LogP contribution in [0.5, 0.6) is 5.75 Å². The lowest BCUT2D eigenvalue weighted by Crippen LogP contribution is -2.28. The third kappa shape index (κ3) is 6.92. The van der Waals surface area contributed by atoms with Crippen molar-refractivity contribution < 1.29 is 27.6 Å². The van der Waals surface area contributed by atoms with Crippen LogP contribution in [0.4, 0.5) is 0 Å². The van der Waals surface area contributed by atoms with E-state index >= 15 is 0 Å². The van der Waals surface area contributed by atoms with E-state index in [-0.39, 0.29) is 5.97 Å². The van der Waals surface area contributed by atoms with Gasteiger partial charge in [0.2, 0.25) is 0 Å². The number of phenolic OH excluding ortho intramolecular Hbond substituents is 1. The van der Waals surface area contributed by atoms with Crippen molar-refractivity contribution in [2.75, 3.05) is 0 Å². The van der Waals surface area contributed by atoms with Crippen LogP contribution in [0.2, 0.25) is 0 Å². The Kier molecular flexibility index (Phi) is 7.56. The summed E-state index contributed by atoms with van der Waals surface area (Å²) in [4.78, 5) is 10.5. The maximum absolute atomic E-state index is 11.0. The second-order valence-corrected chi connectivity index (χ2v) is 6.67. The Morgan fingerprint density at radius 1 is 1.16 bits per heavy atom. The fourth-order valence-electron chi connectivity index (χ4n) is 1.70. The Hall–Kier alpha value is -2.42. The maximum Gasteiger partial charge on any atom is 0.322 e. The van der Waals surface area contributed by atoms with Gasteiger partial charge < -0.3 is 15.6 Å². The summed E-state index contributed by atoms with van der Waals surface area (Å²) in [5, 5.41) is 9.19. The molecule has 0 fully saturated rings. The Labute approximate surface area is 146 Å². The van der Waals surface area contributed by atoms with E-state index in [9.17, 15) is 18.3 Å². The van der Waals surface area contributed by atoms with E-state index in [0.717, 1.165) is 11.6 Å². The summed E-state index contributed by atoms with van der Waals surface area (Å²) in [5.74, 6) is -0.774. The number of hydrogen-bond donors (Lipinski definition) is 3. The van der Waals surface area contributed by atoms with E-state index in [4.69, 9.17) is 15.0 Å². The first kappa shape index (κ1) is 20.6. The molecule has 0 bridgehead atoms. The van der Waals surface area contributed by atoms with Gasteiger partial charge in [0.25, 0.3) is 10.1 Å². The number of para-hydroxylation sites is 1. The number of ether oxygens (including phenoxy) is 1. The van der Waals surface area contributed by atoms with Crippen LogP contribution in [0.3, 0.4) is 0 Å². The zero-order chi connectivity index (χ0) is 19.0. The number of rotatable bonds is 4. The zero-order valence-corrected chi connectivity index (χ0v) is 14.7. The van der Waals surface area contributed by atoms with Crippen LogP contribution in [-0.4, -0.2) is 30.1 Å². The lowest BCUT2D eigenvalue weighted by molar-refractivity contribution is -0.146. The number of hydrogen-bond acceptors (Lipinski definition) is 6. The molecule has 0 aromatic heterocycles. The summed E-state index contributed by atoms with van der Waals surface area (Å²) < 4.78 is 34.7. The number of aromatic hydroxyl groups is 1. The van der Waals surface area contributed by atoms with Crippen molar-refractivity contribution in [2.24, 2.45) is 5.73 Å². The molecule has 4 N–H and O–H groups in total. The third-order valence-electron chi connectivity index (χ3n) is 3.07. The lowest BCUT2D eigenvalue weighted by atomic mass is 10.2. The molecule has 25 heavy (non-hydrogen) atoms. The van der Waals surface area contributed by atoms with Gasteiger partial charge in [-0.3, -0.25) is 9.35 Å². The largest absolute Gasteiger partial charge is 0.506 e. The van der Waals surface area contributed by atoms with Crippen LogP contribution in [0.15, 0.2) is 53.4 Å². The summed E-state index contributed by atoms with van der Waals surface area (Å²) in [6.07, 6.45) is 0. The van der Waals surface area contributed by atoms with E-state index in [2.05, 4.69) is 0 Å². The van der Waals surface area contributed by atoms with Gasteiger partial charge in [0, 0.05) is 0 Å². The van der Waals surface area contributed by atoms with Crippen LogP contribution in [0.1, 0.15) is 18.1 Å². The van der Waals surface area contributed by atoms with Crippen molar-refractivity contribution in [3.63, 3.8) is 0 Å². The fraction of sp³-hybridized carbons (Fsp3) is 0.235. The molecule has 0 aliphatic carbocycles. The summed E-state index contributed by atoms with van der Waals surface area (Å²) in [7, 11) is -4.31. The minimum Gasteiger partial charge on any atom is -0.506 e. The van der Waals surface area contributed by atoms with Gasteiger partial charge in [0.1, 0.15) is 23.3 Å². The molecule has 2 aromatic rings. The second kappa shape index (κ2) is 9.16. The molecular formula is C17H21NO6S. The number of nitrogens with two attached hydrogens (primary N) is 1. The van der Waals surface area contributed by atoms with Crippen LogP contribution in [0, 0.1) is 6.92 Å². The SMILES string of the molecule is C[C@H](N)C(=O)OCc1ccccc1.Cc1cccc(S(=O)(=O)O)c1O. The zero-order valence-electron chi connectivity index (χ0n) is 13.9. The van der Waals surface area contributed by atoms with Gasteiger partial charge in [0.15, 0.2) is 0 Å². The molecule has 0 unspecified atom stereocenters. The average Bonchev–Trinajstić information content (AvgIpc) is 2.55. The monoisotopic (exact) mass is 367 g/mol. The highest BCUT2D eigenvalue weighted by Gasteiger charge is 2.15. The van der Waals surface area contributed by atoms with Crippen molar-refractivity contribution in [1.29, 1.82) is 0 Å². The number of esters is 1. The molecule has 7 nitrogen and oxygen atoms in total. The average molecular weight is 367 g/mol. The van der Waals surface area contributed by atoms with Crippen LogP contribution in [0.25, 0.3) is 0 Å². The maximum atomic E-state index is 11.0. The van der Waals surface area contributed by atoms with E-state index < -0.39 is 26.8 Å². The molecule has 0 amide bonds. The van der Waals surface area contributed by atoms with Crippen molar-refractivity contribution in [2.45, 2.75) is 31.4 Å². The molecule has 1 atom stereocenters. The predicted octanol–water partition coefficient (Wildman–Crippen LogP) is 2.02. The predicted molar refractivity (Wildman–Crippen MR) is 92.5 cm³/mol. The topological polar surface area (TPSA) is 127 Å². The van der Waals surface area contributed by atoms with Gasteiger partial charge in [-0.05, 0) is 31.0 Å². The van der Waals surface area contributed by atoms with E-state index in [1.165, 1.54) is 6.07 Å². The quantitative estimate of drug-likeness (QED) is 0.557. The number of phenols is 1. The molecule has 2 rings (SSSR count). The fourth-order valence-corrected chi connectivity index (χ4v) is 2.36. The molecule has 0 aliphatic heterocycles. The smallest absolute Gasteiger partial charge is 0.322 e. The Balaban J connectivity index is 0.000000251. The molecule has 0 radical (unpaired) electrons. The molecule has 136 valence electrons. The minimum absolute atomic E-state index is 0.293. The van der Waals surface area contributed by atoms with Gasteiger partial charge in [-0.2, -0.15) is 8.42 Å². The highest BCUT2D eigenvalue weighted by atomic mass is 32.2. The number of carbonyl (C=O) groups excluding carboxylic acids is 1. The number of carbonyl (C=O) groups is 1. The van der Waals surface area contributed by atoms with Crippen molar-refractivity contribution >= 4 is 16.1 Å². The number of benzene rings is 2. The standard InChI is InChI=1S/C10H13NO2.C7H8O4S/c1-8(11)10(12)13-7-9-5-3-2-4-6-9;1-5-3-2-4-6(7(5)8)12(9,10)11/h2-6,8H,7,11H2,1H3;2-4,8H,1H3,(H,9,10,11)/t8-;/m0./s1.